The zero-order valence-electron chi connectivity index (χ0n) is 21.5. The summed E-state index contributed by atoms with van der Waals surface area (Å²) in [6.07, 6.45) is 4.34. The molecule has 0 bridgehead atoms. The van der Waals surface area contributed by atoms with Crippen molar-refractivity contribution < 1.29 is 14.3 Å². The molecule has 2 aliphatic carbocycles. The Kier molecular flexibility index (Phi) is 6.77. The molecule has 6 rings (SSSR count). The second-order valence-corrected chi connectivity index (χ2v) is 10.8. The average Bonchev–Trinajstić information content (AvgIpc) is 3.87. The molecule has 2 saturated carbocycles. The summed E-state index contributed by atoms with van der Waals surface area (Å²) < 4.78 is 5.63. The van der Waals surface area contributed by atoms with E-state index in [1.165, 1.54) is 24.8 Å². The Morgan fingerprint density at radius 1 is 1.00 bits per heavy atom. The van der Waals surface area contributed by atoms with Crippen LogP contribution in [-0.2, 0) is 24.3 Å². The third kappa shape index (κ3) is 5.68. The van der Waals surface area contributed by atoms with Crippen LogP contribution in [0.1, 0.15) is 57.8 Å². The van der Waals surface area contributed by atoms with Crippen molar-refractivity contribution in [3.05, 3.63) is 94.5 Å². The molecule has 7 heteroatoms. The minimum atomic E-state index is -0.312. The topological polar surface area (TPSA) is 96.7 Å². The molecule has 2 amide bonds. The van der Waals surface area contributed by atoms with Crippen molar-refractivity contribution in [1.82, 2.24) is 10.2 Å². The van der Waals surface area contributed by atoms with Crippen molar-refractivity contribution in [1.29, 1.82) is 0 Å². The highest BCUT2D eigenvalue weighted by molar-refractivity contribution is 6.05. The van der Waals surface area contributed by atoms with Crippen LogP contribution >= 0.6 is 0 Å². The molecule has 4 N–H and O–H groups in total. The van der Waals surface area contributed by atoms with Gasteiger partial charge in [0.2, 0.25) is 0 Å². The summed E-state index contributed by atoms with van der Waals surface area (Å²) in [5.41, 5.74) is 12.1. The zero-order chi connectivity index (χ0) is 26.1. The number of amides is 2. The van der Waals surface area contributed by atoms with Gasteiger partial charge < -0.3 is 26.0 Å². The van der Waals surface area contributed by atoms with Crippen LogP contribution in [-0.4, -0.2) is 36.0 Å². The number of para-hydroxylation sites is 2. The van der Waals surface area contributed by atoms with Gasteiger partial charge in [-0.1, -0.05) is 42.5 Å². The largest absolute Gasteiger partial charge is 0.445 e. The number of fused-ring (bicyclic) bond motifs is 1. The minimum absolute atomic E-state index is 0.203. The lowest BCUT2D eigenvalue weighted by molar-refractivity contribution is 0.0917. The fourth-order valence-electron chi connectivity index (χ4n) is 5.18. The third-order valence-electron chi connectivity index (χ3n) is 7.87. The van der Waals surface area contributed by atoms with Gasteiger partial charge in [-0.2, -0.15) is 0 Å². The number of nitrogen functional groups attached to an aromatic ring is 1. The van der Waals surface area contributed by atoms with E-state index >= 15 is 0 Å². The predicted octanol–water partition coefficient (Wildman–Crippen LogP) is 5.07. The summed E-state index contributed by atoms with van der Waals surface area (Å²) >= 11 is 0. The van der Waals surface area contributed by atoms with E-state index in [0.717, 1.165) is 29.2 Å². The fourth-order valence-corrected chi connectivity index (χ4v) is 5.18. The molecule has 3 aromatic carbocycles. The molecule has 7 nitrogen and oxygen atoms in total. The zero-order valence-corrected chi connectivity index (χ0v) is 21.5. The first-order chi connectivity index (χ1) is 18.5. The summed E-state index contributed by atoms with van der Waals surface area (Å²) in [5, 5.41) is 6.55. The lowest BCUT2D eigenvalue weighted by Crippen LogP contribution is -2.36. The molecule has 38 heavy (non-hydrogen) atoms. The van der Waals surface area contributed by atoms with Gasteiger partial charge in [0.1, 0.15) is 6.61 Å². The molecule has 0 radical (unpaired) electrons. The van der Waals surface area contributed by atoms with Gasteiger partial charge in [0.15, 0.2) is 0 Å². The van der Waals surface area contributed by atoms with Crippen LogP contribution in [0.4, 0.5) is 16.2 Å². The molecule has 3 aromatic rings. The lowest BCUT2D eigenvalue weighted by atomic mass is 9.97. The molecule has 0 aromatic heterocycles. The summed E-state index contributed by atoms with van der Waals surface area (Å²) in [5.74, 6) is 1.32. The number of hydrogen-bond donors (Lipinski definition) is 3. The van der Waals surface area contributed by atoms with E-state index < -0.39 is 0 Å². The molecule has 1 unspecified atom stereocenters. The third-order valence-corrected chi connectivity index (χ3v) is 7.87. The van der Waals surface area contributed by atoms with Gasteiger partial charge in [0.25, 0.3) is 5.91 Å². The Bertz CT molecular complexity index is 1340. The van der Waals surface area contributed by atoms with Crippen molar-refractivity contribution in [3.63, 3.8) is 0 Å². The van der Waals surface area contributed by atoms with Gasteiger partial charge in [-0.15, -0.1) is 0 Å². The van der Waals surface area contributed by atoms with Gasteiger partial charge in [0, 0.05) is 30.6 Å². The van der Waals surface area contributed by atoms with E-state index in [2.05, 4.69) is 34.9 Å². The van der Waals surface area contributed by atoms with Gasteiger partial charge in [-0.25, -0.2) is 4.79 Å². The average molecular weight is 511 g/mol. The number of nitrogens with zero attached hydrogens (tertiary/aromatic N) is 1. The van der Waals surface area contributed by atoms with Gasteiger partial charge in [-0.05, 0) is 84.7 Å². The van der Waals surface area contributed by atoms with E-state index in [-0.39, 0.29) is 18.6 Å². The Hall–Kier alpha value is -3.84. The number of nitrogens with one attached hydrogen (secondary N) is 2. The first-order valence-electron chi connectivity index (χ1n) is 13.5. The van der Waals surface area contributed by atoms with Crippen molar-refractivity contribution in [3.8, 4) is 0 Å². The predicted molar refractivity (Wildman–Crippen MR) is 148 cm³/mol. The number of nitrogens with two attached hydrogens (primary N) is 1. The number of rotatable bonds is 8. The highest BCUT2D eigenvalue weighted by atomic mass is 16.6. The van der Waals surface area contributed by atoms with Crippen LogP contribution in [0.25, 0.3) is 0 Å². The van der Waals surface area contributed by atoms with Crippen LogP contribution in [0, 0.1) is 5.92 Å². The van der Waals surface area contributed by atoms with Crippen LogP contribution in [0.3, 0.4) is 0 Å². The number of anilines is 2. The summed E-state index contributed by atoms with van der Waals surface area (Å²) in [6, 6.07) is 21.9. The second kappa shape index (κ2) is 10.5. The Balaban J connectivity index is 0.988. The maximum absolute atomic E-state index is 12.8. The number of ether oxygens (including phenoxy) is 1. The molecule has 3 aliphatic rings. The molecule has 196 valence electrons. The van der Waals surface area contributed by atoms with Crippen molar-refractivity contribution in [2.24, 2.45) is 5.92 Å². The standard InChI is InChI=1S/C31H34N4O3/c32-27-3-1-2-4-28(27)34-30(36)24-11-12-25-18-35(14-13-23(25)15-24)31(37)38-19-21-7-9-22(10-8-21)26-16-29(26)33-17-20-5-6-20/h1-4,7-12,15,20,26,29,33H,5-6,13-14,16-19,32H2,(H,34,36)/t26?,29-/m0/s1. The van der Waals surface area contributed by atoms with Crippen molar-refractivity contribution >= 4 is 23.4 Å². The smallest absolute Gasteiger partial charge is 0.410 e. The normalized spacial score (nSPS) is 19.9. The minimum Gasteiger partial charge on any atom is -0.445 e. The molecule has 2 atom stereocenters. The van der Waals surface area contributed by atoms with Crippen molar-refractivity contribution in [2.75, 3.05) is 24.1 Å². The maximum atomic E-state index is 12.8. The van der Waals surface area contributed by atoms with Gasteiger partial charge >= 0.3 is 6.09 Å². The van der Waals surface area contributed by atoms with Gasteiger partial charge in [0.05, 0.1) is 11.4 Å². The monoisotopic (exact) mass is 510 g/mol. The fraction of sp³-hybridized carbons (Fsp3) is 0.355. The van der Waals surface area contributed by atoms with Crippen LogP contribution in [0.15, 0.2) is 66.7 Å². The highest BCUT2D eigenvalue weighted by Gasteiger charge is 2.38. The Morgan fingerprint density at radius 3 is 2.61 bits per heavy atom. The van der Waals surface area contributed by atoms with Crippen LogP contribution < -0.4 is 16.4 Å². The summed E-state index contributed by atoms with van der Waals surface area (Å²) in [6.45, 7) is 2.45. The highest BCUT2D eigenvalue weighted by Crippen LogP contribution is 2.41. The van der Waals surface area contributed by atoms with E-state index in [1.54, 1.807) is 23.1 Å². The van der Waals surface area contributed by atoms with E-state index in [1.807, 2.05) is 24.3 Å². The second-order valence-electron chi connectivity index (χ2n) is 10.8. The molecule has 1 aliphatic heterocycles. The van der Waals surface area contributed by atoms with E-state index in [9.17, 15) is 9.59 Å². The first-order valence-corrected chi connectivity index (χ1v) is 13.5. The van der Waals surface area contributed by atoms with Crippen molar-refractivity contribution in [2.45, 2.75) is 50.8 Å². The quantitative estimate of drug-likeness (QED) is 0.368. The molecule has 2 fully saturated rings. The molecular formula is C31H34N4O3. The van der Waals surface area contributed by atoms with Crippen LogP contribution in [0.2, 0.25) is 0 Å². The Morgan fingerprint density at radius 2 is 1.82 bits per heavy atom. The summed E-state index contributed by atoms with van der Waals surface area (Å²) in [7, 11) is 0. The van der Waals surface area contributed by atoms with Gasteiger partial charge in [-0.3, -0.25) is 4.79 Å². The SMILES string of the molecule is Nc1ccccc1NC(=O)c1ccc2c(c1)CCN(C(=O)OCc1ccc(C3C[C@@H]3NCC3CC3)cc1)C2. The Labute approximate surface area is 223 Å². The molecule has 1 heterocycles. The molecule has 0 spiro atoms. The van der Waals surface area contributed by atoms with E-state index in [4.69, 9.17) is 10.5 Å². The first kappa shape index (κ1) is 24.5. The number of benzene rings is 3. The lowest BCUT2D eigenvalue weighted by Gasteiger charge is -2.28. The maximum Gasteiger partial charge on any atom is 0.410 e. The van der Waals surface area contributed by atoms with Crippen LogP contribution in [0.5, 0.6) is 0 Å². The summed E-state index contributed by atoms with van der Waals surface area (Å²) in [4.78, 5) is 27.2. The molecular weight excluding hydrogens is 476 g/mol. The number of carbonyl (C=O) groups is 2. The van der Waals surface area contributed by atoms with E-state index in [0.29, 0.717) is 48.4 Å². The number of hydrogen-bond acceptors (Lipinski definition) is 5. The molecule has 0 saturated heterocycles. The number of carbonyl (C=O) groups excluding carboxylic acids is 2.